The predicted molar refractivity (Wildman–Crippen MR) is 98.0 cm³/mol. The van der Waals surface area contributed by atoms with Crippen molar-refractivity contribution < 1.29 is 23.8 Å². The summed E-state index contributed by atoms with van der Waals surface area (Å²) in [6.45, 7) is 0. The first kappa shape index (κ1) is 18.7. The number of rotatable bonds is 6. The maximum Gasteiger partial charge on any atom is 0.341 e. The largest absolute Gasteiger partial charge is 0.497 e. The minimum Gasteiger partial charge on any atom is -0.497 e. The van der Waals surface area contributed by atoms with Crippen LogP contribution in [0, 0.1) is 0 Å². The van der Waals surface area contributed by atoms with E-state index in [2.05, 4.69) is 15.9 Å². The number of carbonyl (C=O) groups is 2. The Bertz CT molecular complexity index is 787. The van der Waals surface area contributed by atoms with Gasteiger partial charge in [0.2, 0.25) is 5.78 Å². The second-order valence-corrected chi connectivity index (χ2v) is 5.95. The van der Waals surface area contributed by atoms with Crippen molar-refractivity contribution in [2.75, 3.05) is 21.3 Å². The van der Waals surface area contributed by atoms with Gasteiger partial charge in [0.05, 0.1) is 21.3 Å². The summed E-state index contributed by atoms with van der Waals surface area (Å²) in [6, 6.07) is 11.9. The summed E-state index contributed by atoms with van der Waals surface area (Å²) in [5.41, 5.74) is 0.886. The van der Waals surface area contributed by atoms with Crippen molar-refractivity contribution in [3.05, 3.63) is 63.6 Å². The van der Waals surface area contributed by atoms with E-state index in [1.165, 1.54) is 27.4 Å². The minimum absolute atomic E-state index is 0.0832. The van der Waals surface area contributed by atoms with Gasteiger partial charge in [-0.2, -0.15) is 0 Å². The van der Waals surface area contributed by atoms with Gasteiger partial charge in [-0.3, -0.25) is 4.79 Å². The molecule has 0 unspecified atom stereocenters. The van der Waals surface area contributed by atoms with Crippen LogP contribution in [0.25, 0.3) is 6.08 Å². The fourth-order valence-electron chi connectivity index (χ4n) is 2.15. The zero-order valence-corrected chi connectivity index (χ0v) is 15.6. The van der Waals surface area contributed by atoms with Crippen LogP contribution in [0.5, 0.6) is 11.5 Å². The molecule has 2 aromatic rings. The minimum atomic E-state index is -0.713. The zero-order chi connectivity index (χ0) is 18.4. The first-order valence-corrected chi connectivity index (χ1v) is 8.11. The molecule has 0 radical (unpaired) electrons. The lowest BCUT2D eigenvalue weighted by Gasteiger charge is -2.09. The summed E-state index contributed by atoms with van der Waals surface area (Å²) in [7, 11) is 4.21. The van der Waals surface area contributed by atoms with Gasteiger partial charge in [-0.25, -0.2) is 4.79 Å². The molecule has 0 fully saturated rings. The van der Waals surface area contributed by atoms with Crippen molar-refractivity contribution in [3.63, 3.8) is 0 Å². The molecule has 0 N–H and O–H groups in total. The van der Waals surface area contributed by atoms with Crippen molar-refractivity contribution >= 4 is 33.8 Å². The lowest BCUT2D eigenvalue weighted by atomic mass is 10.0. The second-order valence-electron chi connectivity index (χ2n) is 5.03. The predicted octanol–water partition coefficient (Wildman–Crippen LogP) is 3.91. The monoisotopic (exact) mass is 404 g/mol. The van der Waals surface area contributed by atoms with E-state index < -0.39 is 11.8 Å². The first-order valence-electron chi connectivity index (χ1n) is 7.32. The molecule has 6 heteroatoms. The highest BCUT2D eigenvalue weighted by Crippen LogP contribution is 2.25. The third kappa shape index (κ3) is 4.70. The van der Waals surface area contributed by atoms with Gasteiger partial charge < -0.3 is 14.2 Å². The van der Waals surface area contributed by atoms with Crippen molar-refractivity contribution in [3.8, 4) is 11.5 Å². The third-order valence-electron chi connectivity index (χ3n) is 3.44. The average Bonchev–Trinajstić information content (AvgIpc) is 2.65. The molecule has 25 heavy (non-hydrogen) atoms. The molecule has 0 aromatic heterocycles. The standard InChI is InChI=1S/C19H17BrO5/c1-23-15-9-13(10-16(11-15)24-2)18(21)17(19(22)25-3)8-12-4-6-14(20)7-5-12/h4-11H,1-3H3/b17-8-. The fourth-order valence-corrected chi connectivity index (χ4v) is 2.41. The molecule has 0 spiro atoms. The number of benzene rings is 2. The van der Waals surface area contributed by atoms with Gasteiger partial charge in [-0.1, -0.05) is 28.1 Å². The van der Waals surface area contributed by atoms with Gasteiger partial charge in [0.1, 0.15) is 17.1 Å². The summed E-state index contributed by atoms with van der Waals surface area (Å²) in [5, 5.41) is 0. The van der Waals surface area contributed by atoms with E-state index in [0.717, 1.165) is 4.47 Å². The number of ketones is 1. The van der Waals surface area contributed by atoms with Crippen molar-refractivity contribution in [1.82, 2.24) is 0 Å². The van der Waals surface area contributed by atoms with E-state index in [-0.39, 0.29) is 11.1 Å². The fraction of sp³-hybridized carbons (Fsp3) is 0.158. The number of hydrogen-bond acceptors (Lipinski definition) is 5. The van der Waals surface area contributed by atoms with Crippen LogP contribution in [0.1, 0.15) is 15.9 Å². The Morgan fingerprint density at radius 2 is 1.48 bits per heavy atom. The number of Topliss-reactive ketones (excluding diaryl/α,β-unsaturated/α-hetero) is 1. The van der Waals surface area contributed by atoms with Crippen LogP contribution in [0.15, 0.2) is 52.5 Å². The molecule has 0 bridgehead atoms. The smallest absolute Gasteiger partial charge is 0.341 e. The van der Waals surface area contributed by atoms with E-state index in [1.54, 1.807) is 30.3 Å². The van der Waals surface area contributed by atoms with E-state index in [9.17, 15) is 9.59 Å². The molecule has 0 aliphatic heterocycles. The van der Waals surface area contributed by atoms with Crippen LogP contribution < -0.4 is 9.47 Å². The molecule has 0 amide bonds. The van der Waals surface area contributed by atoms with Crippen LogP contribution in [0.4, 0.5) is 0 Å². The number of esters is 1. The van der Waals surface area contributed by atoms with Gasteiger partial charge in [0, 0.05) is 16.1 Å². The Labute approximate surface area is 154 Å². The van der Waals surface area contributed by atoms with E-state index in [0.29, 0.717) is 17.1 Å². The summed E-state index contributed by atoms with van der Waals surface area (Å²) < 4.78 is 16.0. The van der Waals surface area contributed by atoms with Crippen LogP contribution in [0.2, 0.25) is 0 Å². The molecule has 5 nitrogen and oxygen atoms in total. The maximum absolute atomic E-state index is 12.9. The molecule has 2 rings (SSSR count). The SMILES string of the molecule is COC(=O)/C(=C\c1ccc(Br)cc1)C(=O)c1cc(OC)cc(OC)c1. The normalized spacial score (nSPS) is 11.0. The lowest BCUT2D eigenvalue weighted by Crippen LogP contribution is -2.15. The Kier molecular flexibility index (Phi) is 6.36. The molecule has 130 valence electrons. The highest BCUT2D eigenvalue weighted by atomic mass is 79.9. The van der Waals surface area contributed by atoms with Gasteiger partial charge in [-0.15, -0.1) is 0 Å². The number of carbonyl (C=O) groups excluding carboxylic acids is 2. The van der Waals surface area contributed by atoms with Crippen molar-refractivity contribution in [2.45, 2.75) is 0 Å². The van der Waals surface area contributed by atoms with Gasteiger partial charge in [-0.05, 0) is 35.9 Å². The van der Waals surface area contributed by atoms with Crippen LogP contribution in [-0.4, -0.2) is 33.1 Å². The van der Waals surface area contributed by atoms with Gasteiger partial charge >= 0.3 is 5.97 Å². The van der Waals surface area contributed by atoms with E-state index >= 15 is 0 Å². The Balaban J connectivity index is 2.49. The summed E-state index contributed by atoms with van der Waals surface area (Å²) >= 11 is 3.34. The average molecular weight is 405 g/mol. The van der Waals surface area contributed by atoms with Crippen LogP contribution in [-0.2, 0) is 9.53 Å². The molecule has 0 heterocycles. The van der Waals surface area contributed by atoms with E-state index in [1.807, 2.05) is 12.1 Å². The number of halogens is 1. The van der Waals surface area contributed by atoms with Crippen LogP contribution >= 0.6 is 15.9 Å². The molecule has 0 saturated carbocycles. The molecule has 0 saturated heterocycles. The zero-order valence-electron chi connectivity index (χ0n) is 14.0. The van der Waals surface area contributed by atoms with Gasteiger partial charge in [0.15, 0.2) is 0 Å². The van der Waals surface area contributed by atoms with Gasteiger partial charge in [0.25, 0.3) is 0 Å². The third-order valence-corrected chi connectivity index (χ3v) is 3.97. The molecule has 2 aromatic carbocycles. The number of ether oxygens (including phenoxy) is 3. The van der Waals surface area contributed by atoms with Crippen LogP contribution in [0.3, 0.4) is 0 Å². The van der Waals surface area contributed by atoms with E-state index in [4.69, 9.17) is 14.2 Å². The summed E-state index contributed by atoms with van der Waals surface area (Å²) in [4.78, 5) is 25.0. The van der Waals surface area contributed by atoms with Crippen molar-refractivity contribution in [1.29, 1.82) is 0 Å². The Hall–Kier alpha value is -2.60. The second kappa shape index (κ2) is 8.48. The Morgan fingerprint density at radius 1 is 0.920 bits per heavy atom. The number of methoxy groups -OCH3 is 3. The quantitative estimate of drug-likeness (QED) is 0.240. The molecular formula is C19H17BrO5. The van der Waals surface area contributed by atoms with Crippen molar-refractivity contribution in [2.24, 2.45) is 0 Å². The molecule has 0 atom stereocenters. The Morgan fingerprint density at radius 3 is 1.96 bits per heavy atom. The summed E-state index contributed by atoms with van der Waals surface area (Å²) in [5.74, 6) is -0.284. The molecule has 0 aliphatic carbocycles. The topological polar surface area (TPSA) is 61.8 Å². The highest BCUT2D eigenvalue weighted by Gasteiger charge is 2.22. The number of hydrogen-bond donors (Lipinski definition) is 0. The maximum atomic E-state index is 12.9. The molecule has 0 aliphatic rings. The summed E-state index contributed by atoms with van der Waals surface area (Å²) in [6.07, 6.45) is 1.49. The highest BCUT2D eigenvalue weighted by molar-refractivity contribution is 9.10. The first-order chi connectivity index (χ1) is 12.0. The lowest BCUT2D eigenvalue weighted by molar-refractivity contribution is -0.135. The molecular weight excluding hydrogens is 388 g/mol.